The number of nitrogens with one attached hydrogen (secondary N) is 1. The summed E-state index contributed by atoms with van der Waals surface area (Å²) in [7, 11) is 0. The third-order valence-corrected chi connectivity index (χ3v) is 3.58. The molecule has 2 rings (SSSR count). The fourth-order valence-corrected chi connectivity index (χ4v) is 2.48. The summed E-state index contributed by atoms with van der Waals surface area (Å²) in [5, 5.41) is 3.30. The first-order valence-corrected chi connectivity index (χ1v) is 6.66. The number of rotatable bonds is 3. The van der Waals surface area contributed by atoms with Crippen LogP contribution in [0.5, 0.6) is 0 Å². The molecule has 1 heterocycles. The number of benzene rings is 1. The predicted molar refractivity (Wildman–Crippen MR) is 72.4 cm³/mol. The SMILES string of the molecule is NC(=O)C(c1ccc(Cl)c(F)c1)N1CCCNCC1. The Morgan fingerprint density at radius 2 is 2.21 bits per heavy atom. The average Bonchev–Trinajstić information content (AvgIpc) is 2.62. The first kappa shape index (κ1) is 14.2. The Balaban J connectivity index is 2.27. The number of carbonyl (C=O) groups excluding carboxylic acids is 1. The zero-order valence-electron chi connectivity index (χ0n) is 10.5. The van der Waals surface area contributed by atoms with Crippen LogP contribution in [0.15, 0.2) is 18.2 Å². The van der Waals surface area contributed by atoms with Gasteiger partial charge in [-0.15, -0.1) is 0 Å². The number of nitrogens with zero attached hydrogens (tertiary/aromatic N) is 1. The summed E-state index contributed by atoms with van der Waals surface area (Å²) in [6, 6.07) is 3.79. The highest BCUT2D eigenvalue weighted by Gasteiger charge is 2.26. The second kappa shape index (κ2) is 6.32. The zero-order valence-corrected chi connectivity index (χ0v) is 11.3. The smallest absolute Gasteiger partial charge is 0.239 e. The summed E-state index contributed by atoms with van der Waals surface area (Å²) in [5.74, 6) is -0.998. The molecule has 1 unspecified atom stereocenters. The highest BCUT2D eigenvalue weighted by Crippen LogP contribution is 2.25. The van der Waals surface area contributed by atoms with E-state index in [2.05, 4.69) is 5.32 Å². The van der Waals surface area contributed by atoms with Crippen molar-refractivity contribution in [3.8, 4) is 0 Å². The van der Waals surface area contributed by atoms with Crippen LogP contribution in [0.3, 0.4) is 0 Å². The molecular weight excluding hydrogens is 269 g/mol. The maximum Gasteiger partial charge on any atom is 0.239 e. The Bertz CT molecular complexity index is 461. The Morgan fingerprint density at radius 3 is 2.89 bits per heavy atom. The van der Waals surface area contributed by atoms with Crippen molar-refractivity contribution < 1.29 is 9.18 Å². The lowest BCUT2D eigenvalue weighted by molar-refractivity contribution is -0.123. The van der Waals surface area contributed by atoms with Gasteiger partial charge >= 0.3 is 0 Å². The van der Waals surface area contributed by atoms with Crippen LogP contribution in [0.4, 0.5) is 4.39 Å². The quantitative estimate of drug-likeness (QED) is 0.880. The molecule has 6 heteroatoms. The van der Waals surface area contributed by atoms with E-state index in [4.69, 9.17) is 17.3 Å². The first-order valence-electron chi connectivity index (χ1n) is 6.28. The maximum absolute atomic E-state index is 13.5. The van der Waals surface area contributed by atoms with Crippen molar-refractivity contribution in [2.45, 2.75) is 12.5 Å². The molecule has 1 aliphatic rings. The first-order chi connectivity index (χ1) is 9.09. The van der Waals surface area contributed by atoms with Crippen LogP contribution >= 0.6 is 11.6 Å². The number of carbonyl (C=O) groups is 1. The van der Waals surface area contributed by atoms with E-state index in [-0.39, 0.29) is 5.02 Å². The van der Waals surface area contributed by atoms with E-state index in [1.54, 1.807) is 6.07 Å². The number of halogens is 2. The second-order valence-electron chi connectivity index (χ2n) is 4.62. The molecule has 1 amide bonds. The Morgan fingerprint density at radius 1 is 1.42 bits per heavy atom. The van der Waals surface area contributed by atoms with E-state index >= 15 is 0 Å². The summed E-state index contributed by atoms with van der Waals surface area (Å²) in [6.45, 7) is 3.17. The second-order valence-corrected chi connectivity index (χ2v) is 5.03. The Hall–Kier alpha value is -1.17. The van der Waals surface area contributed by atoms with Gasteiger partial charge in [-0.2, -0.15) is 0 Å². The number of hydrogen-bond donors (Lipinski definition) is 2. The van der Waals surface area contributed by atoms with Crippen LogP contribution in [-0.2, 0) is 4.79 Å². The van der Waals surface area contributed by atoms with Gasteiger partial charge in [0.05, 0.1) is 5.02 Å². The molecule has 1 aromatic carbocycles. The van der Waals surface area contributed by atoms with Gasteiger partial charge in [0.15, 0.2) is 0 Å². The van der Waals surface area contributed by atoms with Gasteiger partial charge in [0.25, 0.3) is 0 Å². The monoisotopic (exact) mass is 285 g/mol. The van der Waals surface area contributed by atoms with E-state index in [9.17, 15) is 9.18 Å². The van der Waals surface area contributed by atoms with Crippen LogP contribution in [-0.4, -0.2) is 37.0 Å². The molecule has 3 N–H and O–H groups in total. The van der Waals surface area contributed by atoms with E-state index in [0.717, 1.165) is 26.1 Å². The van der Waals surface area contributed by atoms with Crippen LogP contribution in [0.1, 0.15) is 18.0 Å². The molecule has 0 saturated carbocycles. The third kappa shape index (κ3) is 3.43. The van der Waals surface area contributed by atoms with Crippen LogP contribution < -0.4 is 11.1 Å². The molecule has 4 nitrogen and oxygen atoms in total. The lowest BCUT2D eigenvalue weighted by atomic mass is 10.0. The normalized spacial score (nSPS) is 18.8. The van der Waals surface area contributed by atoms with Crippen molar-refractivity contribution in [3.05, 3.63) is 34.6 Å². The minimum atomic E-state index is -0.605. The van der Waals surface area contributed by atoms with E-state index < -0.39 is 17.8 Å². The van der Waals surface area contributed by atoms with Crippen molar-refractivity contribution in [1.82, 2.24) is 10.2 Å². The number of amides is 1. The van der Waals surface area contributed by atoms with Gasteiger partial charge in [-0.25, -0.2) is 4.39 Å². The van der Waals surface area contributed by atoms with Crippen LogP contribution in [0, 0.1) is 5.82 Å². The van der Waals surface area contributed by atoms with Crippen molar-refractivity contribution in [2.24, 2.45) is 5.73 Å². The van der Waals surface area contributed by atoms with Gasteiger partial charge in [-0.3, -0.25) is 9.69 Å². The highest BCUT2D eigenvalue weighted by molar-refractivity contribution is 6.30. The van der Waals surface area contributed by atoms with Gasteiger partial charge in [0.2, 0.25) is 5.91 Å². The van der Waals surface area contributed by atoms with Gasteiger partial charge in [-0.05, 0) is 30.7 Å². The maximum atomic E-state index is 13.5. The number of hydrogen-bond acceptors (Lipinski definition) is 3. The largest absolute Gasteiger partial charge is 0.368 e. The van der Waals surface area contributed by atoms with Gasteiger partial charge in [-0.1, -0.05) is 17.7 Å². The molecule has 1 saturated heterocycles. The van der Waals surface area contributed by atoms with Crippen molar-refractivity contribution in [1.29, 1.82) is 0 Å². The molecule has 0 radical (unpaired) electrons. The fourth-order valence-electron chi connectivity index (χ4n) is 2.36. The molecule has 1 fully saturated rings. The topological polar surface area (TPSA) is 58.4 Å². The summed E-state index contributed by atoms with van der Waals surface area (Å²) in [6.07, 6.45) is 0.930. The Kier molecular flexibility index (Phi) is 4.74. The minimum absolute atomic E-state index is 0.0458. The lowest BCUT2D eigenvalue weighted by Crippen LogP contribution is -2.39. The van der Waals surface area contributed by atoms with Gasteiger partial charge in [0, 0.05) is 19.6 Å². The van der Waals surface area contributed by atoms with E-state index in [1.807, 2.05) is 4.90 Å². The highest BCUT2D eigenvalue weighted by atomic mass is 35.5. The molecule has 0 aromatic heterocycles. The average molecular weight is 286 g/mol. The minimum Gasteiger partial charge on any atom is -0.368 e. The summed E-state index contributed by atoms with van der Waals surface area (Å²) in [4.78, 5) is 13.7. The van der Waals surface area contributed by atoms with E-state index in [0.29, 0.717) is 12.1 Å². The third-order valence-electron chi connectivity index (χ3n) is 3.27. The molecule has 0 bridgehead atoms. The van der Waals surface area contributed by atoms with Crippen molar-refractivity contribution in [3.63, 3.8) is 0 Å². The fraction of sp³-hybridized carbons (Fsp3) is 0.462. The summed E-state index contributed by atoms with van der Waals surface area (Å²) < 4.78 is 13.5. The molecular formula is C13H17ClFN3O. The van der Waals surface area contributed by atoms with Crippen LogP contribution in [0.25, 0.3) is 0 Å². The van der Waals surface area contributed by atoms with E-state index in [1.165, 1.54) is 12.1 Å². The van der Waals surface area contributed by atoms with Gasteiger partial charge in [0.1, 0.15) is 11.9 Å². The molecule has 0 aliphatic carbocycles. The molecule has 0 spiro atoms. The van der Waals surface area contributed by atoms with Crippen molar-refractivity contribution >= 4 is 17.5 Å². The molecule has 1 aromatic rings. The summed E-state index contributed by atoms with van der Waals surface area (Å²) in [5.41, 5.74) is 6.03. The van der Waals surface area contributed by atoms with Crippen LogP contribution in [0.2, 0.25) is 5.02 Å². The number of nitrogens with two attached hydrogens (primary N) is 1. The zero-order chi connectivity index (χ0) is 13.8. The Labute approximate surface area is 116 Å². The lowest BCUT2D eigenvalue weighted by Gasteiger charge is -2.28. The molecule has 1 atom stereocenters. The molecule has 1 aliphatic heterocycles. The molecule has 104 valence electrons. The predicted octanol–water partition coefficient (Wildman–Crippen LogP) is 1.30. The molecule has 19 heavy (non-hydrogen) atoms. The number of primary amides is 1. The summed E-state index contributed by atoms with van der Waals surface area (Å²) >= 11 is 5.66. The van der Waals surface area contributed by atoms with Gasteiger partial charge < -0.3 is 11.1 Å². The van der Waals surface area contributed by atoms with Crippen molar-refractivity contribution in [2.75, 3.05) is 26.2 Å². The standard InChI is InChI=1S/C13H17ClFN3O/c14-10-3-2-9(8-11(10)15)12(13(16)19)18-6-1-4-17-5-7-18/h2-3,8,12,17H,1,4-7H2,(H2,16,19).